The molecule has 8 nitrogen and oxygen atoms in total. The highest BCUT2D eigenvalue weighted by Gasteiger charge is 2.11. The molecule has 2 rings (SSSR count). The average Bonchev–Trinajstić information content (AvgIpc) is 2.54. The van der Waals surface area contributed by atoms with Crippen LogP contribution in [0.4, 0.5) is 11.4 Å². The Balaban J connectivity index is 2.15. The summed E-state index contributed by atoms with van der Waals surface area (Å²) in [7, 11) is 0. The fourth-order valence-electron chi connectivity index (χ4n) is 1.90. The molecule has 1 amide bonds. The predicted molar refractivity (Wildman–Crippen MR) is 83.6 cm³/mol. The van der Waals surface area contributed by atoms with E-state index >= 15 is 0 Å². The van der Waals surface area contributed by atoms with Crippen molar-refractivity contribution in [1.29, 1.82) is 0 Å². The number of rotatable bonds is 5. The summed E-state index contributed by atoms with van der Waals surface area (Å²) in [4.78, 5) is 33.1. The fourth-order valence-corrected chi connectivity index (χ4v) is 1.90. The second kappa shape index (κ2) is 7.05. The molecule has 2 aromatic rings. The Morgan fingerprint density at radius 2 is 1.92 bits per heavy atom. The zero-order valence-corrected chi connectivity index (χ0v) is 12.1. The van der Waals surface area contributed by atoms with Crippen LogP contribution < -0.4 is 10.4 Å². The van der Waals surface area contributed by atoms with E-state index in [-0.39, 0.29) is 16.9 Å². The van der Waals surface area contributed by atoms with E-state index in [4.69, 9.17) is 5.11 Å². The van der Waals surface area contributed by atoms with E-state index in [1.165, 1.54) is 30.3 Å². The van der Waals surface area contributed by atoms with E-state index in [0.717, 1.165) is 18.2 Å². The molecule has 0 atom stereocenters. The van der Waals surface area contributed by atoms with Gasteiger partial charge in [-0.1, -0.05) is 24.3 Å². The van der Waals surface area contributed by atoms with E-state index in [1.807, 2.05) is 0 Å². The van der Waals surface area contributed by atoms with Crippen LogP contribution >= 0.6 is 0 Å². The van der Waals surface area contributed by atoms with Gasteiger partial charge in [-0.15, -0.1) is 5.75 Å². The van der Waals surface area contributed by atoms with E-state index in [1.54, 1.807) is 6.07 Å². The van der Waals surface area contributed by atoms with Gasteiger partial charge >= 0.3 is 5.97 Å². The normalized spacial score (nSPS) is 10.5. The van der Waals surface area contributed by atoms with Crippen LogP contribution in [0, 0.1) is 10.1 Å². The molecular formula is C16H11N2O6-. The van der Waals surface area contributed by atoms with Gasteiger partial charge in [-0.3, -0.25) is 14.9 Å². The smallest absolute Gasteiger partial charge is 0.337 e. The van der Waals surface area contributed by atoms with Gasteiger partial charge in [0.15, 0.2) is 0 Å². The Labute approximate surface area is 135 Å². The van der Waals surface area contributed by atoms with Crippen LogP contribution in [0.3, 0.4) is 0 Å². The van der Waals surface area contributed by atoms with Gasteiger partial charge in [0, 0.05) is 18.2 Å². The molecule has 2 aromatic carbocycles. The Morgan fingerprint density at radius 1 is 1.17 bits per heavy atom. The molecule has 0 saturated carbocycles. The van der Waals surface area contributed by atoms with Crippen LogP contribution in [0.15, 0.2) is 48.5 Å². The van der Waals surface area contributed by atoms with Crippen molar-refractivity contribution in [1.82, 2.24) is 0 Å². The van der Waals surface area contributed by atoms with E-state index in [0.29, 0.717) is 5.56 Å². The number of carboxylic acids is 1. The van der Waals surface area contributed by atoms with Crippen molar-refractivity contribution in [2.24, 2.45) is 0 Å². The highest BCUT2D eigenvalue weighted by Crippen LogP contribution is 2.20. The molecule has 0 saturated heterocycles. The van der Waals surface area contributed by atoms with Crippen LogP contribution in [-0.2, 0) is 4.79 Å². The van der Waals surface area contributed by atoms with Gasteiger partial charge in [0.1, 0.15) is 0 Å². The van der Waals surface area contributed by atoms with Crippen LogP contribution in [0.5, 0.6) is 5.75 Å². The third-order valence-corrected chi connectivity index (χ3v) is 2.99. The summed E-state index contributed by atoms with van der Waals surface area (Å²) in [6.07, 6.45) is 2.46. The zero-order chi connectivity index (χ0) is 17.7. The maximum atomic E-state index is 11.9. The molecule has 0 unspecified atom stereocenters. The summed E-state index contributed by atoms with van der Waals surface area (Å²) >= 11 is 0. The number of carboxylic acid groups (broad SMARTS) is 1. The standard InChI is InChI=1S/C16H12N2O6/c19-12-5-6-14(13(9-12)16(21)22)17-15(20)7-4-10-2-1-3-11(8-10)18(23)24/h1-9,19H,(H,17,20)(H,21,22)/p-1/b7-4+. The lowest BCUT2D eigenvalue weighted by Crippen LogP contribution is -2.12. The Hall–Kier alpha value is -3.68. The first-order chi connectivity index (χ1) is 11.4. The lowest BCUT2D eigenvalue weighted by atomic mass is 10.1. The average molecular weight is 327 g/mol. The summed E-state index contributed by atoms with van der Waals surface area (Å²) in [5, 5.41) is 33.2. The van der Waals surface area contributed by atoms with Gasteiger partial charge in [-0.2, -0.15) is 0 Å². The molecule has 0 radical (unpaired) electrons. The summed E-state index contributed by atoms with van der Waals surface area (Å²) in [5.41, 5.74) is -0.0140. The quantitative estimate of drug-likeness (QED) is 0.490. The van der Waals surface area contributed by atoms with Crippen LogP contribution in [0.2, 0.25) is 0 Å². The van der Waals surface area contributed by atoms with Crippen LogP contribution in [-0.4, -0.2) is 21.9 Å². The summed E-state index contributed by atoms with van der Waals surface area (Å²) in [6, 6.07) is 8.90. The monoisotopic (exact) mass is 327 g/mol. The first-order valence-corrected chi connectivity index (χ1v) is 6.64. The lowest BCUT2D eigenvalue weighted by Gasteiger charge is -2.11. The third-order valence-electron chi connectivity index (χ3n) is 2.99. The van der Waals surface area contributed by atoms with Crippen LogP contribution in [0.1, 0.15) is 15.9 Å². The topological polar surface area (TPSA) is 133 Å². The highest BCUT2D eigenvalue weighted by molar-refractivity contribution is 6.06. The molecule has 0 bridgehead atoms. The molecule has 0 fully saturated rings. The molecule has 0 aliphatic rings. The number of anilines is 1. The molecule has 0 aliphatic heterocycles. The predicted octanol–water partition coefficient (Wildman–Crippen LogP) is 2.02. The van der Waals surface area contributed by atoms with E-state index in [9.17, 15) is 24.8 Å². The number of hydrogen-bond acceptors (Lipinski definition) is 5. The summed E-state index contributed by atoms with van der Waals surface area (Å²) in [6.45, 7) is 0. The minimum Gasteiger partial charge on any atom is -0.872 e. The molecular weight excluding hydrogens is 316 g/mol. The second-order valence-corrected chi connectivity index (χ2v) is 4.69. The molecule has 0 aliphatic carbocycles. The van der Waals surface area contributed by atoms with Gasteiger partial charge < -0.3 is 15.5 Å². The number of nitro groups is 1. The zero-order valence-electron chi connectivity index (χ0n) is 12.1. The molecule has 0 spiro atoms. The first-order valence-electron chi connectivity index (χ1n) is 6.64. The number of nitro benzene ring substituents is 1. The number of nitrogens with zero attached hydrogens (tertiary/aromatic N) is 1. The van der Waals surface area contributed by atoms with Crippen molar-refractivity contribution in [2.75, 3.05) is 5.32 Å². The van der Waals surface area contributed by atoms with E-state index < -0.39 is 22.5 Å². The van der Waals surface area contributed by atoms with Crippen LogP contribution in [0.25, 0.3) is 6.08 Å². The van der Waals surface area contributed by atoms with Crippen molar-refractivity contribution >= 4 is 29.3 Å². The minimum atomic E-state index is -1.34. The summed E-state index contributed by atoms with van der Waals surface area (Å²) < 4.78 is 0. The lowest BCUT2D eigenvalue weighted by molar-refractivity contribution is -0.384. The van der Waals surface area contributed by atoms with Crippen molar-refractivity contribution < 1.29 is 24.7 Å². The summed E-state index contributed by atoms with van der Waals surface area (Å²) in [5.74, 6) is -2.47. The fraction of sp³-hybridized carbons (Fsp3) is 0. The SMILES string of the molecule is O=C(/C=C/c1cccc([N+](=O)[O-])c1)Nc1ccc([O-])cc1C(=O)O. The van der Waals surface area contributed by atoms with Crippen molar-refractivity contribution in [2.45, 2.75) is 0 Å². The van der Waals surface area contributed by atoms with Crippen molar-refractivity contribution in [3.8, 4) is 5.75 Å². The number of benzene rings is 2. The van der Waals surface area contributed by atoms with Gasteiger partial charge in [-0.05, 0) is 17.7 Å². The first kappa shape index (κ1) is 16.7. The molecule has 2 N–H and O–H groups in total. The largest absolute Gasteiger partial charge is 0.872 e. The number of hydrogen-bond donors (Lipinski definition) is 2. The van der Waals surface area contributed by atoms with Crippen molar-refractivity contribution in [3.05, 3.63) is 69.8 Å². The number of amides is 1. The van der Waals surface area contributed by atoms with Gasteiger partial charge in [0.05, 0.1) is 16.2 Å². The van der Waals surface area contributed by atoms with Crippen molar-refractivity contribution in [3.63, 3.8) is 0 Å². The number of carbonyl (C=O) groups excluding carboxylic acids is 1. The highest BCUT2D eigenvalue weighted by atomic mass is 16.6. The third kappa shape index (κ3) is 4.17. The molecule has 0 aromatic heterocycles. The van der Waals surface area contributed by atoms with Gasteiger partial charge in [0.2, 0.25) is 5.91 Å². The molecule has 24 heavy (non-hydrogen) atoms. The Bertz CT molecular complexity index is 844. The number of aromatic carboxylic acids is 1. The number of carbonyl (C=O) groups is 2. The maximum absolute atomic E-state index is 11.9. The number of nitrogens with one attached hydrogen (secondary N) is 1. The molecule has 0 heterocycles. The van der Waals surface area contributed by atoms with Gasteiger partial charge in [0.25, 0.3) is 5.69 Å². The molecule has 8 heteroatoms. The second-order valence-electron chi connectivity index (χ2n) is 4.69. The minimum absolute atomic E-state index is 0.0178. The Kier molecular flexibility index (Phi) is 4.90. The van der Waals surface area contributed by atoms with Gasteiger partial charge in [-0.25, -0.2) is 4.79 Å². The van der Waals surface area contributed by atoms with E-state index in [2.05, 4.69) is 5.32 Å². The molecule has 122 valence electrons. The number of non-ortho nitro benzene ring substituents is 1. The Morgan fingerprint density at radius 3 is 2.58 bits per heavy atom. The maximum Gasteiger partial charge on any atom is 0.337 e.